The minimum Gasteiger partial charge on any atom is -0.493 e. The molecule has 0 aromatic heterocycles. The van der Waals surface area contributed by atoms with Crippen molar-refractivity contribution >= 4 is 12.1 Å². The number of carbonyl (C=O) groups is 2. The molecule has 2 aliphatic rings. The van der Waals surface area contributed by atoms with Gasteiger partial charge < -0.3 is 19.5 Å². The van der Waals surface area contributed by atoms with E-state index in [0.717, 1.165) is 29.2 Å². The maximum absolute atomic E-state index is 11.9. The lowest BCUT2D eigenvalue weighted by Crippen LogP contribution is -2.41. The molecular weight excluding hydrogens is 659 g/mol. The van der Waals surface area contributed by atoms with Crippen LogP contribution in [0, 0.1) is 11.8 Å². The molecule has 6 heteroatoms. The molecule has 1 N–H and O–H groups in total. The zero-order valence-corrected chi connectivity index (χ0v) is 32.7. The molecule has 286 valence electrons. The van der Waals surface area contributed by atoms with Gasteiger partial charge in [0.05, 0.1) is 13.2 Å². The minimum absolute atomic E-state index is 0.0741. The van der Waals surface area contributed by atoms with E-state index in [1.807, 2.05) is 6.07 Å². The molecule has 3 aromatic carbocycles. The van der Waals surface area contributed by atoms with Crippen LogP contribution in [-0.4, -0.2) is 38.4 Å². The second-order valence-electron chi connectivity index (χ2n) is 15.5. The molecule has 53 heavy (non-hydrogen) atoms. The Bertz CT molecular complexity index is 1610. The predicted molar refractivity (Wildman–Crippen MR) is 216 cm³/mol. The summed E-state index contributed by atoms with van der Waals surface area (Å²) in [5.74, 6) is 2.13. The lowest BCUT2D eigenvalue weighted by Gasteiger charge is -2.29. The molecule has 3 aromatic rings. The lowest BCUT2D eigenvalue weighted by molar-refractivity contribution is -0.139. The van der Waals surface area contributed by atoms with Gasteiger partial charge in [0, 0.05) is 18.0 Å². The largest absolute Gasteiger partial charge is 0.493 e. The molecule has 0 bridgehead atoms. The van der Waals surface area contributed by atoms with E-state index in [-0.39, 0.29) is 18.0 Å². The van der Waals surface area contributed by atoms with Crippen LogP contribution in [0.5, 0.6) is 5.75 Å². The van der Waals surface area contributed by atoms with Crippen molar-refractivity contribution in [2.45, 2.75) is 123 Å². The summed E-state index contributed by atoms with van der Waals surface area (Å²) in [6, 6.07) is 22.6. The number of cyclic esters (lactones) is 1. The summed E-state index contributed by atoms with van der Waals surface area (Å²) in [6.07, 6.45) is 18.6. The maximum Gasteiger partial charge on any atom is 0.407 e. The molecular formula is C47H63NO5. The van der Waals surface area contributed by atoms with Crippen LogP contribution in [0.3, 0.4) is 0 Å². The summed E-state index contributed by atoms with van der Waals surface area (Å²) in [5.41, 5.74) is 9.15. The normalized spacial score (nSPS) is 18.5. The number of ether oxygens (including phenoxy) is 3. The monoisotopic (exact) mass is 721 g/mol. The first-order valence-electron chi connectivity index (χ1n) is 20.6. The molecule has 1 atom stereocenters. The van der Waals surface area contributed by atoms with E-state index in [1.165, 1.54) is 105 Å². The number of hydrogen-bond donors (Lipinski definition) is 1. The second kappa shape index (κ2) is 21.0. The van der Waals surface area contributed by atoms with E-state index in [2.05, 4.69) is 80.3 Å². The molecule has 1 amide bonds. The summed E-state index contributed by atoms with van der Waals surface area (Å²) in [7, 11) is 0. The molecule has 1 aliphatic carbocycles. The molecule has 0 radical (unpaired) electrons. The standard InChI is InChI=1S/C47H63NO5/c1-5-7-8-9-10-11-12-14-35-16-18-38(19-17-35)39-20-22-40(23-21-39)44-26-24-41(29-37(44)6-2)42-25-27-45(52-32-36-31-48-47(50)53-33-36)43(30-42)15-13-28-51-46(49)34(3)4/h20-27,29-30,35-36,38H,3,5-19,28,31-33H2,1-2,4H3,(H,48,50). The lowest BCUT2D eigenvalue weighted by atomic mass is 9.77. The van der Waals surface area contributed by atoms with Gasteiger partial charge in [-0.1, -0.05) is 120 Å². The summed E-state index contributed by atoms with van der Waals surface area (Å²) in [6.45, 7) is 11.5. The van der Waals surface area contributed by atoms with Crippen molar-refractivity contribution in [1.29, 1.82) is 0 Å². The Morgan fingerprint density at radius 2 is 1.49 bits per heavy atom. The fourth-order valence-electron chi connectivity index (χ4n) is 7.95. The quantitative estimate of drug-likeness (QED) is 0.0714. The van der Waals surface area contributed by atoms with Crippen molar-refractivity contribution in [1.82, 2.24) is 5.32 Å². The number of carbonyl (C=O) groups excluding carboxylic acids is 2. The van der Waals surface area contributed by atoms with Crippen LogP contribution in [0.1, 0.15) is 127 Å². The number of aryl methyl sites for hydroxylation is 2. The highest BCUT2D eigenvalue weighted by Crippen LogP contribution is 2.39. The van der Waals surface area contributed by atoms with Gasteiger partial charge in [0.2, 0.25) is 0 Å². The van der Waals surface area contributed by atoms with Crippen LogP contribution >= 0.6 is 0 Å². The average molecular weight is 722 g/mol. The summed E-state index contributed by atoms with van der Waals surface area (Å²) in [5, 5.41) is 2.74. The molecule has 1 saturated carbocycles. The zero-order valence-electron chi connectivity index (χ0n) is 32.7. The Labute approximate surface area is 319 Å². The molecule has 1 heterocycles. The third kappa shape index (κ3) is 12.2. The van der Waals surface area contributed by atoms with Crippen LogP contribution in [0.4, 0.5) is 4.79 Å². The first kappa shape index (κ1) is 40.1. The highest BCUT2D eigenvalue weighted by Gasteiger charge is 2.23. The molecule has 1 saturated heterocycles. The number of rotatable bonds is 20. The fourth-order valence-corrected chi connectivity index (χ4v) is 7.95. The number of unbranched alkanes of at least 4 members (excludes halogenated alkanes) is 6. The molecule has 0 spiro atoms. The molecule has 1 unspecified atom stereocenters. The Hall–Kier alpha value is -4.06. The Kier molecular flexibility index (Phi) is 15.9. The number of amides is 1. The molecule has 2 fully saturated rings. The van der Waals surface area contributed by atoms with Crippen LogP contribution < -0.4 is 10.1 Å². The third-order valence-electron chi connectivity index (χ3n) is 11.3. The Balaban J connectivity index is 1.20. The first-order valence-corrected chi connectivity index (χ1v) is 20.6. The second-order valence-corrected chi connectivity index (χ2v) is 15.5. The smallest absolute Gasteiger partial charge is 0.407 e. The Morgan fingerprint density at radius 3 is 2.17 bits per heavy atom. The number of hydrogen-bond acceptors (Lipinski definition) is 5. The van der Waals surface area contributed by atoms with Crippen LogP contribution in [-0.2, 0) is 27.1 Å². The summed E-state index contributed by atoms with van der Waals surface area (Å²) < 4.78 is 16.8. The van der Waals surface area contributed by atoms with Crippen molar-refractivity contribution < 1.29 is 23.8 Å². The minimum atomic E-state index is -0.383. The summed E-state index contributed by atoms with van der Waals surface area (Å²) in [4.78, 5) is 23.3. The van der Waals surface area contributed by atoms with Gasteiger partial charge in [-0.05, 0) is 115 Å². The van der Waals surface area contributed by atoms with Crippen molar-refractivity contribution in [3.05, 3.63) is 89.5 Å². The third-order valence-corrected chi connectivity index (χ3v) is 11.3. The van der Waals surface area contributed by atoms with Gasteiger partial charge in [0.25, 0.3) is 0 Å². The van der Waals surface area contributed by atoms with Crippen molar-refractivity contribution in [3.8, 4) is 28.0 Å². The Morgan fingerprint density at radius 1 is 0.811 bits per heavy atom. The van der Waals surface area contributed by atoms with Crippen molar-refractivity contribution in [2.24, 2.45) is 11.8 Å². The average Bonchev–Trinajstić information content (AvgIpc) is 3.19. The van der Waals surface area contributed by atoms with Gasteiger partial charge in [-0.15, -0.1) is 0 Å². The number of nitrogens with one attached hydrogen (secondary N) is 1. The predicted octanol–water partition coefficient (Wildman–Crippen LogP) is 11.8. The van der Waals surface area contributed by atoms with Gasteiger partial charge in [-0.2, -0.15) is 0 Å². The number of alkyl carbamates (subject to hydrolysis) is 1. The van der Waals surface area contributed by atoms with E-state index in [1.54, 1.807) is 6.92 Å². The maximum atomic E-state index is 11.9. The van der Waals surface area contributed by atoms with Crippen LogP contribution in [0.25, 0.3) is 22.3 Å². The fraction of sp³-hybridized carbons (Fsp3) is 0.532. The van der Waals surface area contributed by atoms with Gasteiger partial charge >= 0.3 is 12.1 Å². The first-order chi connectivity index (χ1) is 25.8. The van der Waals surface area contributed by atoms with Crippen molar-refractivity contribution in [2.75, 3.05) is 26.4 Å². The van der Waals surface area contributed by atoms with Gasteiger partial charge in [-0.3, -0.25) is 0 Å². The SMILES string of the molecule is C=C(C)C(=O)OCCCc1cc(-c2ccc(-c3ccc(C4CCC(CCCCCCCCC)CC4)cc3)c(CC)c2)ccc1OCC1CNC(=O)OC1. The highest BCUT2D eigenvalue weighted by molar-refractivity contribution is 5.86. The summed E-state index contributed by atoms with van der Waals surface area (Å²) >= 11 is 0. The molecule has 6 nitrogen and oxygen atoms in total. The van der Waals surface area contributed by atoms with Gasteiger partial charge in [-0.25, -0.2) is 9.59 Å². The van der Waals surface area contributed by atoms with Crippen molar-refractivity contribution in [3.63, 3.8) is 0 Å². The van der Waals surface area contributed by atoms with Crippen LogP contribution in [0.15, 0.2) is 72.8 Å². The van der Waals surface area contributed by atoms with E-state index in [9.17, 15) is 9.59 Å². The zero-order chi connectivity index (χ0) is 37.4. The van der Waals surface area contributed by atoms with E-state index in [4.69, 9.17) is 14.2 Å². The number of benzene rings is 3. The van der Waals surface area contributed by atoms with E-state index >= 15 is 0 Å². The van der Waals surface area contributed by atoms with E-state index < -0.39 is 0 Å². The van der Waals surface area contributed by atoms with Crippen LogP contribution in [0.2, 0.25) is 0 Å². The number of esters is 1. The van der Waals surface area contributed by atoms with Gasteiger partial charge in [0.1, 0.15) is 12.4 Å². The highest BCUT2D eigenvalue weighted by atomic mass is 16.6. The topological polar surface area (TPSA) is 73.9 Å². The molecule has 1 aliphatic heterocycles. The molecule has 5 rings (SSSR count). The van der Waals surface area contributed by atoms with E-state index in [0.29, 0.717) is 50.7 Å². The van der Waals surface area contributed by atoms with Gasteiger partial charge in [0.15, 0.2) is 0 Å².